The number of hydrogen-bond donors (Lipinski definition) is 2. The minimum absolute atomic E-state index is 0.0608. The van der Waals surface area contributed by atoms with Crippen molar-refractivity contribution >= 4 is 45.1 Å². The van der Waals surface area contributed by atoms with Crippen LogP contribution in [-0.4, -0.2) is 29.6 Å². The molecule has 2 N–H and O–H groups in total. The first-order chi connectivity index (χ1) is 16.1. The third-order valence-electron chi connectivity index (χ3n) is 6.60. The third-order valence-corrected chi connectivity index (χ3v) is 7.38. The largest absolute Gasteiger partial charge is 0.459 e. The zero-order valence-electron chi connectivity index (χ0n) is 20.8. The Bertz CT molecular complexity index is 1190. The summed E-state index contributed by atoms with van der Waals surface area (Å²) >= 11 is 9.68. The van der Waals surface area contributed by atoms with Crippen molar-refractivity contribution in [3.8, 4) is 0 Å². The molecule has 1 amide bonds. The van der Waals surface area contributed by atoms with Gasteiger partial charge in [-0.05, 0) is 61.9 Å². The predicted octanol–water partition coefficient (Wildman–Crippen LogP) is 6.33. The number of hydrogen-bond acceptors (Lipinski definition) is 4. The molecule has 2 aromatic carbocycles. The fourth-order valence-electron chi connectivity index (χ4n) is 5.49. The maximum Gasteiger partial charge on any atom is 0.324 e. The monoisotopic (exact) mass is 564 g/mol. The molecule has 0 saturated carbocycles. The number of nitrogens with one attached hydrogen (secondary N) is 2. The number of halogens is 3. The van der Waals surface area contributed by atoms with Crippen molar-refractivity contribution in [1.82, 2.24) is 5.32 Å². The van der Waals surface area contributed by atoms with Crippen LogP contribution >= 0.6 is 27.5 Å². The molecule has 4 atom stereocenters. The molecule has 0 aromatic heterocycles. The normalized spacial score (nSPS) is 26.1. The summed E-state index contributed by atoms with van der Waals surface area (Å²) in [4.78, 5) is 27.6. The minimum atomic E-state index is -1.25. The fraction of sp³-hybridized carbons (Fsp3) is 0.481. The summed E-state index contributed by atoms with van der Waals surface area (Å²) in [6.07, 6.45) is 0.563. The van der Waals surface area contributed by atoms with E-state index in [-0.39, 0.29) is 21.9 Å². The van der Waals surface area contributed by atoms with Gasteiger partial charge in [-0.1, -0.05) is 66.5 Å². The number of esters is 1. The number of anilines is 1. The summed E-state index contributed by atoms with van der Waals surface area (Å²) in [5.74, 6) is -2.33. The van der Waals surface area contributed by atoms with Gasteiger partial charge in [-0.2, -0.15) is 0 Å². The molecule has 2 aliphatic rings. The minimum Gasteiger partial charge on any atom is -0.459 e. The van der Waals surface area contributed by atoms with Crippen LogP contribution in [-0.2, 0) is 19.7 Å². The molecule has 4 unspecified atom stereocenters. The van der Waals surface area contributed by atoms with Crippen molar-refractivity contribution in [1.29, 1.82) is 0 Å². The van der Waals surface area contributed by atoms with Crippen molar-refractivity contribution in [3.63, 3.8) is 0 Å². The average Bonchev–Trinajstić information content (AvgIpc) is 3.17. The highest BCUT2D eigenvalue weighted by Gasteiger charge is 2.66. The van der Waals surface area contributed by atoms with E-state index in [1.54, 1.807) is 32.9 Å². The van der Waals surface area contributed by atoms with E-state index in [4.69, 9.17) is 16.3 Å². The molecule has 1 fully saturated rings. The molecule has 4 rings (SSSR count). The first-order valence-corrected chi connectivity index (χ1v) is 12.9. The van der Waals surface area contributed by atoms with Crippen LogP contribution in [0.2, 0.25) is 5.02 Å². The number of fused-ring (bicyclic) bond motifs is 2. The maximum absolute atomic E-state index is 15.6. The molecular weight excluding hydrogens is 535 g/mol. The summed E-state index contributed by atoms with van der Waals surface area (Å²) in [7, 11) is 0. The van der Waals surface area contributed by atoms with Gasteiger partial charge >= 0.3 is 5.97 Å². The molecule has 188 valence electrons. The van der Waals surface area contributed by atoms with Gasteiger partial charge in [0.05, 0.1) is 5.02 Å². The van der Waals surface area contributed by atoms with E-state index in [9.17, 15) is 9.59 Å². The molecule has 8 heteroatoms. The lowest BCUT2D eigenvalue weighted by molar-refractivity contribution is -0.157. The van der Waals surface area contributed by atoms with Crippen molar-refractivity contribution in [2.45, 2.75) is 77.0 Å². The number of carbonyl (C=O) groups is 2. The third kappa shape index (κ3) is 4.63. The van der Waals surface area contributed by atoms with Crippen LogP contribution in [0.25, 0.3) is 0 Å². The molecule has 1 spiro atoms. The second-order valence-electron chi connectivity index (χ2n) is 11.6. The van der Waals surface area contributed by atoms with Gasteiger partial charge in [0, 0.05) is 22.1 Å². The van der Waals surface area contributed by atoms with Crippen LogP contribution in [0, 0.1) is 11.2 Å². The highest BCUT2D eigenvalue weighted by atomic mass is 79.9. The number of ether oxygens (including phenoxy) is 1. The van der Waals surface area contributed by atoms with E-state index in [0.717, 1.165) is 10.0 Å². The topological polar surface area (TPSA) is 67.4 Å². The summed E-state index contributed by atoms with van der Waals surface area (Å²) < 4.78 is 22.2. The number of amides is 1. The van der Waals surface area contributed by atoms with Gasteiger partial charge in [0.2, 0.25) is 5.91 Å². The van der Waals surface area contributed by atoms with E-state index >= 15 is 4.39 Å². The Kier molecular flexibility index (Phi) is 6.61. The second-order valence-corrected chi connectivity index (χ2v) is 13.0. The Morgan fingerprint density at radius 2 is 1.86 bits per heavy atom. The van der Waals surface area contributed by atoms with E-state index in [2.05, 4.69) is 47.3 Å². The van der Waals surface area contributed by atoms with Gasteiger partial charge in [-0.25, -0.2) is 4.39 Å². The van der Waals surface area contributed by atoms with E-state index in [1.807, 2.05) is 18.2 Å². The summed E-state index contributed by atoms with van der Waals surface area (Å²) in [5, 5.41) is 6.38. The van der Waals surface area contributed by atoms with Gasteiger partial charge < -0.3 is 10.1 Å². The quantitative estimate of drug-likeness (QED) is 0.427. The van der Waals surface area contributed by atoms with Gasteiger partial charge in [0.25, 0.3) is 0 Å². The van der Waals surface area contributed by atoms with Crippen LogP contribution in [0.1, 0.15) is 65.0 Å². The molecule has 5 nitrogen and oxygen atoms in total. The van der Waals surface area contributed by atoms with Gasteiger partial charge in [-0.3, -0.25) is 14.9 Å². The lowest BCUT2D eigenvalue weighted by Gasteiger charge is -2.37. The van der Waals surface area contributed by atoms with Crippen molar-refractivity contribution in [2.75, 3.05) is 5.32 Å². The molecule has 35 heavy (non-hydrogen) atoms. The van der Waals surface area contributed by atoms with E-state index in [0.29, 0.717) is 12.1 Å². The SMILES string of the molecule is CC(C)(C)CC1NC(C(=O)OC(C)(C)C)C(c2cccc(Cl)c2F)C12C(=O)Nc1cc(Br)ccc12. The first kappa shape index (κ1) is 26.1. The van der Waals surface area contributed by atoms with E-state index < -0.39 is 40.8 Å². The Morgan fingerprint density at radius 3 is 2.49 bits per heavy atom. The smallest absolute Gasteiger partial charge is 0.324 e. The van der Waals surface area contributed by atoms with Gasteiger partial charge in [-0.15, -0.1) is 0 Å². The van der Waals surface area contributed by atoms with Gasteiger partial charge in [0.1, 0.15) is 22.9 Å². The Balaban J connectivity index is 2.01. The maximum atomic E-state index is 15.6. The summed E-state index contributed by atoms with van der Waals surface area (Å²) in [5.41, 5.74) is -0.625. The van der Waals surface area contributed by atoms with Gasteiger partial charge in [0.15, 0.2) is 0 Å². The molecule has 2 heterocycles. The number of carbonyl (C=O) groups excluding carboxylic acids is 2. The van der Waals surface area contributed by atoms with Crippen LogP contribution in [0.5, 0.6) is 0 Å². The summed E-state index contributed by atoms with van der Waals surface area (Å²) in [6, 6.07) is 8.86. The predicted molar refractivity (Wildman–Crippen MR) is 139 cm³/mol. The van der Waals surface area contributed by atoms with Crippen LogP contribution in [0.4, 0.5) is 10.1 Å². The Hall–Kier alpha value is -1.96. The molecule has 0 aliphatic carbocycles. The molecule has 2 aliphatic heterocycles. The Morgan fingerprint density at radius 1 is 1.17 bits per heavy atom. The highest BCUT2D eigenvalue weighted by molar-refractivity contribution is 9.10. The first-order valence-electron chi connectivity index (χ1n) is 11.7. The summed E-state index contributed by atoms with van der Waals surface area (Å²) in [6.45, 7) is 11.6. The Labute approximate surface area is 219 Å². The fourth-order valence-corrected chi connectivity index (χ4v) is 6.04. The zero-order chi connectivity index (χ0) is 25.9. The lowest BCUT2D eigenvalue weighted by atomic mass is 9.62. The van der Waals surface area contributed by atoms with Crippen LogP contribution in [0.3, 0.4) is 0 Å². The second kappa shape index (κ2) is 8.86. The molecule has 0 radical (unpaired) electrons. The number of benzene rings is 2. The molecule has 0 bridgehead atoms. The average molecular weight is 566 g/mol. The standard InChI is InChI=1S/C27H31BrClFN2O3/c1-25(2,3)13-19-27(16-11-10-14(28)12-18(16)31-24(27)34)20(15-8-7-9-17(29)21(15)30)22(32-19)23(33)35-26(4,5)6/h7-12,19-20,22,32H,13H2,1-6H3,(H,31,34). The van der Waals surface area contributed by atoms with Crippen molar-refractivity contribution < 1.29 is 18.7 Å². The van der Waals surface area contributed by atoms with E-state index in [1.165, 1.54) is 6.07 Å². The van der Waals surface area contributed by atoms with Crippen molar-refractivity contribution in [3.05, 3.63) is 62.8 Å². The van der Waals surface area contributed by atoms with Crippen LogP contribution < -0.4 is 10.6 Å². The molecular formula is C27H31BrClFN2O3. The van der Waals surface area contributed by atoms with Crippen molar-refractivity contribution in [2.24, 2.45) is 5.41 Å². The lowest BCUT2D eigenvalue weighted by Crippen LogP contribution is -2.49. The van der Waals surface area contributed by atoms with Crippen LogP contribution in [0.15, 0.2) is 40.9 Å². The highest BCUT2D eigenvalue weighted by Crippen LogP contribution is 2.57. The molecule has 2 aromatic rings. The number of rotatable bonds is 3. The molecule has 1 saturated heterocycles. The zero-order valence-corrected chi connectivity index (χ0v) is 23.1.